The molecule has 0 aromatic heterocycles. The topological polar surface area (TPSA) is 65.9 Å². The minimum absolute atomic E-state index is 0.0862. The van der Waals surface area contributed by atoms with Gasteiger partial charge in [0.15, 0.2) is 5.96 Å². The predicted molar refractivity (Wildman–Crippen MR) is 106 cm³/mol. The second kappa shape index (κ2) is 11.2. The molecule has 0 aliphatic rings. The molecule has 0 saturated carbocycles. The van der Waals surface area contributed by atoms with Crippen LogP contribution >= 0.6 is 11.6 Å². The van der Waals surface area contributed by atoms with E-state index in [1.54, 1.807) is 13.2 Å². The number of ether oxygens (including phenoxy) is 1. The fourth-order valence-electron chi connectivity index (χ4n) is 2.81. The quantitative estimate of drug-likeness (QED) is 0.435. The maximum absolute atomic E-state index is 9.37. The lowest BCUT2D eigenvalue weighted by molar-refractivity contribution is 0.169. The van der Waals surface area contributed by atoms with Crippen molar-refractivity contribution in [1.29, 1.82) is 0 Å². The van der Waals surface area contributed by atoms with Gasteiger partial charge in [-0.05, 0) is 43.7 Å². The Morgan fingerprint density at radius 2 is 1.96 bits per heavy atom. The van der Waals surface area contributed by atoms with E-state index in [0.29, 0.717) is 11.6 Å². The van der Waals surface area contributed by atoms with E-state index in [-0.39, 0.29) is 12.0 Å². The molecule has 0 amide bonds. The Hall–Kier alpha value is -1.46. The largest absolute Gasteiger partial charge is 0.496 e. The highest BCUT2D eigenvalue weighted by Gasteiger charge is 2.25. The van der Waals surface area contributed by atoms with E-state index in [1.807, 2.05) is 19.1 Å². The molecule has 1 rings (SSSR count). The van der Waals surface area contributed by atoms with Gasteiger partial charge < -0.3 is 20.5 Å². The van der Waals surface area contributed by atoms with Gasteiger partial charge in [0.05, 0.1) is 13.7 Å². The minimum Gasteiger partial charge on any atom is -0.496 e. The smallest absolute Gasteiger partial charge is 0.191 e. The summed E-state index contributed by atoms with van der Waals surface area (Å²) in [7, 11) is 1.63. The van der Waals surface area contributed by atoms with Crippen molar-refractivity contribution in [3.05, 3.63) is 28.8 Å². The van der Waals surface area contributed by atoms with Crippen LogP contribution in [0.5, 0.6) is 5.75 Å². The van der Waals surface area contributed by atoms with Gasteiger partial charge in [0, 0.05) is 30.3 Å². The van der Waals surface area contributed by atoms with Crippen molar-refractivity contribution in [2.45, 2.75) is 46.6 Å². The number of aliphatic hydroxyl groups is 1. The summed E-state index contributed by atoms with van der Waals surface area (Å²) in [6, 6.07) is 5.57. The van der Waals surface area contributed by atoms with Crippen LogP contribution in [0.15, 0.2) is 23.2 Å². The van der Waals surface area contributed by atoms with Crippen LogP contribution in [0, 0.1) is 5.41 Å². The number of nitrogens with zero attached hydrogens (tertiary/aromatic N) is 1. The monoisotopic (exact) mass is 369 g/mol. The Labute approximate surface area is 156 Å². The molecule has 0 atom stereocenters. The van der Waals surface area contributed by atoms with Gasteiger partial charge in [-0.2, -0.15) is 0 Å². The van der Waals surface area contributed by atoms with Crippen LogP contribution in [0.1, 0.15) is 45.6 Å². The van der Waals surface area contributed by atoms with E-state index >= 15 is 0 Å². The average Bonchev–Trinajstić information content (AvgIpc) is 2.63. The fourth-order valence-corrected chi connectivity index (χ4v) is 2.97. The molecule has 5 nitrogen and oxygen atoms in total. The lowest BCUT2D eigenvalue weighted by Crippen LogP contribution is -2.43. The van der Waals surface area contributed by atoms with Crippen molar-refractivity contribution in [2.24, 2.45) is 10.4 Å². The summed E-state index contributed by atoms with van der Waals surface area (Å²) in [5, 5.41) is 16.7. The molecular formula is C19H32ClN3O2. The zero-order valence-electron chi connectivity index (χ0n) is 15.9. The molecule has 6 heteroatoms. The van der Waals surface area contributed by atoms with E-state index in [2.05, 4.69) is 29.5 Å². The van der Waals surface area contributed by atoms with Crippen LogP contribution < -0.4 is 15.4 Å². The van der Waals surface area contributed by atoms with Crippen LogP contribution in [0.25, 0.3) is 0 Å². The van der Waals surface area contributed by atoms with Gasteiger partial charge in [-0.25, -0.2) is 4.99 Å². The Morgan fingerprint density at radius 3 is 2.52 bits per heavy atom. The van der Waals surface area contributed by atoms with Gasteiger partial charge in [-0.15, -0.1) is 0 Å². The van der Waals surface area contributed by atoms with E-state index in [0.717, 1.165) is 49.6 Å². The van der Waals surface area contributed by atoms with Crippen LogP contribution in [-0.4, -0.2) is 37.9 Å². The lowest BCUT2D eigenvalue weighted by atomic mass is 9.79. The first kappa shape index (κ1) is 21.6. The molecule has 0 radical (unpaired) electrons. The fraction of sp³-hybridized carbons (Fsp3) is 0.632. The molecule has 0 aliphatic heterocycles. The number of aliphatic imine (C=N–C) groups is 1. The van der Waals surface area contributed by atoms with E-state index in [1.165, 1.54) is 0 Å². The summed E-state index contributed by atoms with van der Waals surface area (Å²) in [5.74, 6) is 1.51. The molecule has 3 N–H and O–H groups in total. The van der Waals surface area contributed by atoms with Crippen LogP contribution in [0.2, 0.25) is 5.02 Å². The summed E-state index contributed by atoms with van der Waals surface area (Å²) in [6.07, 6.45) is 2.82. The maximum atomic E-state index is 9.37. The first-order chi connectivity index (χ1) is 12.0. The summed E-state index contributed by atoms with van der Waals surface area (Å²) < 4.78 is 5.38. The molecular weight excluding hydrogens is 338 g/mol. The Morgan fingerprint density at radius 1 is 1.24 bits per heavy atom. The number of hydrogen-bond acceptors (Lipinski definition) is 3. The lowest BCUT2D eigenvalue weighted by Gasteiger charge is -2.32. The van der Waals surface area contributed by atoms with Crippen molar-refractivity contribution in [1.82, 2.24) is 10.6 Å². The van der Waals surface area contributed by atoms with Crippen molar-refractivity contribution in [2.75, 3.05) is 26.8 Å². The number of rotatable bonds is 10. The molecule has 1 aromatic carbocycles. The molecule has 0 bridgehead atoms. The third-order valence-electron chi connectivity index (χ3n) is 4.77. The number of aliphatic hydroxyl groups excluding tert-OH is 1. The second-order valence-electron chi connectivity index (χ2n) is 6.19. The van der Waals surface area contributed by atoms with Crippen molar-refractivity contribution in [3.8, 4) is 5.75 Å². The second-order valence-corrected chi connectivity index (χ2v) is 6.62. The number of hydrogen-bond donors (Lipinski definition) is 3. The SMILES string of the molecule is CCNC(=NCc1ccc(Cl)cc1OC)NCC(CC)(CC)CCO. The molecule has 0 spiro atoms. The third-order valence-corrected chi connectivity index (χ3v) is 5.01. The minimum atomic E-state index is 0.0862. The zero-order chi connectivity index (χ0) is 18.7. The first-order valence-electron chi connectivity index (χ1n) is 8.99. The zero-order valence-corrected chi connectivity index (χ0v) is 16.6. The van der Waals surface area contributed by atoms with Crippen molar-refractivity contribution in [3.63, 3.8) is 0 Å². The van der Waals surface area contributed by atoms with Crippen LogP contribution in [0.3, 0.4) is 0 Å². The van der Waals surface area contributed by atoms with Gasteiger partial charge in [-0.3, -0.25) is 0 Å². The average molecular weight is 370 g/mol. The normalized spacial score (nSPS) is 12.2. The Balaban J connectivity index is 2.83. The molecule has 1 aromatic rings. The highest BCUT2D eigenvalue weighted by molar-refractivity contribution is 6.30. The molecule has 0 fully saturated rings. The third kappa shape index (κ3) is 6.75. The van der Waals surface area contributed by atoms with Gasteiger partial charge in [0.25, 0.3) is 0 Å². The maximum Gasteiger partial charge on any atom is 0.191 e. The van der Waals surface area contributed by atoms with Gasteiger partial charge in [-0.1, -0.05) is 31.5 Å². The molecule has 0 aliphatic carbocycles. The molecule has 25 heavy (non-hydrogen) atoms. The van der Waals surface area contributed by atoms with Crippen molar-refractivity contribution < 1.29 is 9.84 Å². The van der Waals surface area contributed by atoms with E-state index in [9.17, 15) is 5.11 Å². The predicted octanol–water partition coefficient (Wildman–Crippen LogP) is 3.59. The van der Waals surface area contributed by atoms with Crippen LogP contribution in [-0.2, 0) is 6.54 Å². The summed E-state index contributed by atoms with van der Waals surface area (Å²) >= 11 is 6.01. The highest BCUT2D eigenvalue weighted by Crippen LogP contribution is 2.29. The Kier molecular flexibility index (Phi) is 9.68. The number of benzene rings is 1. The molecule has 0 unspecified atom stereocenters. The van der Waals surface area contributed by atoms with Crippen LogP contribution in [0.4, 0.5) is 0 Å². The van der Waals surface area contributed by atoms with Gasteiger partial charge in [0.2, 0.25) is 0 Å². The number of halogens is 1. The molecule has 142 valence electrons. The Bertz CT molecular complexity index is 545. The number of methoxy groups -OCH3 is 1. The number of nitrogens with one attached hydrogen (secondary N) is 2. The molecule has 0 heterocycles. The summed E-state index contributed by atoms with van der Waals surface area (Å²) in [4.78, 5) is 4.66. The highest BCUT2D eigenvalue weighted by atomic mass is 35.5. The van der Waals surface area contributed by atoms with E-state index in [4.69, 9.17) is 16.3 Å². The van der Waals surface area contributed by atoms with Gasteiger partial charge in [0.1, 0.15) is 5.75 Å². The van der Waals surface area contributed by atoms with Gasteiger partial charge >= 0.3 is 0 Å². The number of guanidine groups is 1. The molecule has 0 saturated heterocycles. The first-order valence-corrected chi connectivity index (χ1v) is 9.37. The summed E-state index contributed by atoms with van der Waals surface area (Å²) in [6.45, 7) is 8.66. The summed E-state index contributed by atoms with van der Waals surface area (Å²) in [5.41, 5.74) is 1.07. The standard InChI is InChI=1S/C19H32ClN3O2/c1-5-19(6-2,10-11-24)14-23-18(21-7-3)22-13-15-8-9-16(20)12-17(15)25-4/h8-9,12,24H,5-7,10-11,13-14H2,1-4H3,(H2,21,22,23). The van der Waals surface area contributed by atoms with E-state index < -0.39 is 0 Å². The van der Waals surface area contributed by atoms with Crippen molar-refractivity contribution >= 4 is 17.6 Å².